The molecule has 1 aromatic heterocycles. The number of fused-ring (bicyclic) bond motifs is 1. The van der Waals surface area contributed by atoms with E-state index in [2.05, 4.69) is 9.98 Å². The third-order valence-corrected chi connectivity index (χ3v) is 5.50. The Labute approximate surface area is 157 Å². The van der Waals surface area contributed by atoms with Gasteiger partial charge in [-0.15, -0.1) is 11.3 Å². The van der Waals surface area contributed by atoms with E-state index in [1.165, 1.54) is 23.1 Å². The van der Waals surface area contributed by atoms with E-state index in [9.17, 15) is 14.7 Å². The molecule has 0 radical (unpaired) electrons. The van der Waals surface area contributed by atoms with Crippen molar-refractivity contribution in [2.75, 3.05) is 12.3 Å². The number of thiazole rings is 1. The fourth-order valence-corrected chi connectivity index (χ4v) is 4.16. The van der Waals surface area contributed by atoms with Gasteiger partial charge in [0.25, 0.3) is 11.8 Å². The number of thioether (sulfide) groups is 1. The van der Waals surface area contributed by atoms with Crippen LogP contribution in [0.3, 0.4) is 0 Å². The second kappa shape index (κ2) is 7.85. The van der Waals surface area contributed by atoms with Gasteiger partial charge < -0.3 is 16.6 Å². The minimum absolute atomic E-state index is 0.0321. The van der Waals surface area contributed by atoms with Crippen LogP contribution in [-0.2, 0) is 5.75 Å². The lowest BCUT2D eigenvalue weighted by Crippen LogP contribution is -2.37. The SMILES string of the molecule is NC(N)=Nc1nc(CSCC(O)CN2C(=O)c3ccccc3C2=O)cs1. The van der Waals surface area contributed by atoms with Crippen LogP contribution in [0.5, 0.6) is 0 Å². The first kappa shape index (κ1) is 18.4. The van der Waals surface area contributed by atoms with Crippen molar-refractivity contribution in [1.29, 1.82) is 0 Å². The topological polar surface area (TPSA) is 135 Å². The molecule has 0 fully saturated rings. The van der Waals surface area contributed by atoms with Gasteiger partial charge in [-0.05, 0) is 12.1 Å². The third-order valence-electron chi connectivity index (χ3n) is 3.60. The molecule has 1 aliphatic rings. The summed E-state index contributed by atoms with van der Waals surface area (Å²) < 4.78 is 0. The van der Waals surface area contributed by atoms with Gasteiger partial charge in [0.1, 0.15) is 0 Å². The second-order valence-electron chi connectivity index (χ2n) is 5.59. The normalized spacial score (nSPS) is 14.4. The molecule has 0 saturated carbocycles. The van der Waals surface area contributed by atoms with E-state index in [4.69, 9.17) is 11.5 Å². The molecule has 8 nitrogen and oxygen atoms in total. The van der Waals surface area contributed by atoms with Crippen LogP contribution in [0.4, 0.5) is 5.13 Å². The van der Waals surface area contributed by atoms with Gasteiger partial charge in [-0.1, -0.05) is 12.1 Å². The number of aliphatic hydroxyl groups is 1. The third kappa shape index (κ3) is 4.03. The van der Waals surface area contributed by atoms with Gasteiger partial charge in [0, 0.05) is 16.9 Å². The number of β-amino-alcohol motifs (C(OH)–C–C–N with tert-alkyl or cyclic N) is 1. The maximum absolute atomic E-state index is 12.3. The fraction of sp³-hybridized carbons (Fsp3) is 0.250. The zero-order valence-electron chi connectivity index (χ0n) is 13.7. The number of guanidine groups is 1. The molecule has 5 N–H and O–H groups in total. The molecule has 1 aliphatic heterocycles. The Kier molecular flexibility index (Phi) is 5.55. The first-order valence-corrected chi connectivity index (χ1v) is 9.74. The summed E-state index contributed by atoms with van der Waals surface area (Å²) in [5.41, 5.74) is 12.2. The molecule has 0 aliphatic carbocycles. The molecule has 1 atom stereocenters. The van der Waals surface area contributed by atoms with Crippen LogP contribution in [0, 0.1) is 0 Å². The van der Waals surface area contributed by atoms with Crippen molar-refractivity contribution in [2.45, 2.75) is 11.9 Å². The van der Waals surface area contributed by atoms with Crippen molar-refractivity contribution in [3.8, 4) is 0 Å². The van der Waals surface area contributed by atoms with E-state index >= 15 is 0 Å². The van der Waals surface area contributed by atoms with Crippen LogP contribution in [0.2, 0.25) is 0 Å². The molecule has 1 unspecified atom stereocenters. The quantitative estimate of drug-likeness (QED) is 0.363. The molecule has 1 aromatic carbocycles. The fourth-order valence-electron chi connectivity index (χ4n) is 2.49. The van der Waals surface area contributed by atoms with Gasteiger partial charge in [-0.25, -0.2) is 4.98 Å². The lowest BCUT2D eigenvalue weighted by molar-refractivity contribution is 0.0567. The zero-order valence-corrected chi connectivity index (χ0v) is 15.3. The highest BCUT2D eigenvalue weighted by Gasteiger charge is 2.35. The Morgan fingerprint density at radius 1 is 1.27 bits per heavy atom. The molecule has 10 heteroatoms. The zero-order chi connectivity index (χ0) is 18.7. The van der Waals surface area contributed by atoms with Crippen LogP contribution in [0.1, 0.15) is 26.4 Å². The number of aliphatic imine (C=N–C) groups is 1. The van der Waals surface area contributed by atoms with E-state index in [0.717, 1.165) is 10.6 Å². The van der Waals surface area contributed by atoms with E-state index in [-0.39, 0.29) is 24.3 Å². The number of hydrogen-bond donors (Lipinski definition) is 3. The molecule has 0 bridgehead atoms. The summed E-state index contributed by atoms with van der Waals surface area (Å²) in [5.74, 6) is 0.153. The molecular formula is C16H17N5O3S2. The first-order valence-electron chi connectivity index (χ1n) is 7.70. The maximum atomic E-state index is 12.3. The van der Waals surface area contributed by atoms with Crippen molar-refractivity contribution >= 4 is 46.0 Å². The van der Waals surface area contributed by atoms with Crippen LogP contribution in [0.15, 0.2) is 34.6 Å². The van der Waals surface area contributed by atoms with Crippen molar-refractivity contribution < 1.29 is 14.7 Å². The summed E-state index contributed by atoms with van der Waals surface area (Å²) in [5, 5.41) is 12.5. The summed E-state index contributed by atoms with van der Waals surface area (Å²) in [6.45, 7) is -0.0321. The number of carbonyl (C=O) groups excluding carboxylic acids is 2. The number of hydrogen-bond acceptors (Lipinski definition) is 7. The van der Waals surface area contributed by atoms with Gasteiger partial charge in [-0.3, -0.25) is 14.5 Å². The van der Waals surface area contributed by atoms with Crippen LogP contribution in [0.25, 0.3) is 0 Å². The van der Waals surface area contributed by atoms with Crippen molar-refractivity contribution in [3.05, 3.63) is 46.5 Å². The van der Waals surface area contributed by atoms with E-state index in [1.54, 1.807) is 24.3 Å². The molecule has 3 rings (SSSR count). The smallest absolute Gasteiger partial charge is 0.261 e. The lowest BCUT2D eigenvalue weighted by atomic mass is 10.1. The number of amides is 2. The Bertz CT molecular complexity index is 828. The Morgan fingerprint density at radius 3 is 2.54 bits per heavy atom. The Balaban J connectivity index is 1.50. The predicted molar refractivity (Wildman–Crippen MR) is 102 cm³/mol. The number of carbonyl (C=O) groups is 2. The summed E-state index contributed by atoms with van der Waals surface area (Å²) in [6, 6.07) is 6.66. The van der Waals surface area contributed by atoms with Crippen molar-refractivity contribution in [1.82, 2.24) is 9.88 Å². The highest BCUT2D eigenvalue weighted by molar-refractivity contribution is 7.98. The average Bonchev–Trinajstić information content (AvgIpc) is 3.13. The van der Waals surface area contributed by atoms with Crippen molar-refractivity contribution in [3.63, 3.8) is 0 Å². The predicted octanol–water partition coefficient (Wildman–Crippen LogP) is 0.938. The van der Waals surface area contributed by atoms with Gasteiger partial charge in [0.05, 0.1) is 29.5 Å². The standard InChI is InChI=1S/C16H17N5O3S2/c17-15(18)20-16-19-9(7-26-16)6-25-8-10(22)5-21-13(23)11-3-1-2-4-12(11)14(21)24/h1-4,7,10,22H,5-6,8H2,(H4,17,18,19,20). The lowest BCUT2D eigenvalue weighted by Gasteiger charge is -2.18. The van der Waals surface area contributed by atoms with Gasteiger partial charge in [0.15, 0.2) is 5.96 Å². The molecule has 136 valence electrons. The minimum Gasteiger partial charge on any atom is -0.390 e. The summed E-state index contributed by atoms with van der Waals surface area (Å²) >= 11 is 2.77. The number of imide groups is 1. The maximum Gasteiger partial charge on any atom is 0.261 e. The Morgan fingerprint density at radius 2 is 1.92 bits per heavy atom. The van der Waals surface area contributed by atoms with E-state index < -0.39 is 6.10 Å². The van der Waals surface area contributed by atoms with Gasteiger partial charge in [-0.2, -0.15) is 16.8 Å². The first-order chi connectivity index (χ1) is 12.5. The van der Waals surface area contributed by atoms with E-state index in [1.807, 2.05) is 5.38 Å². The van der Waals surface area contributed by atoms with Crippen LogP contribution < -0.4 is 11.5 Å². The largest absolute Gasteiger partial charge is 0.390 e. The summed E-state index contributed by atoms with van der Waals surface area (Å²) in [7, 11) is 0. The van der Waals surface area contributed by atoms with Gasteiger partial charge in [0.2, 0.25) is 5.13 Å². The number of nitrogens with zero attached hydrogens (tertiary/aromatic N) is 3. The molecule has 2 heterocycles. The summed E-state index contributed by atoms with van der Waals surface area (Å²) in [4.78, 5) is 33.8. The molecule has 26 heavy (non-hydrogen) atoms. The number of benzene rings is 1. The second-order valence-corrected chi connectivity index (χ2v) is 7.46. The molecule has 0 saturated heterocycles. The number of aromatic nitrogens is 1. The monoisotopic (exact) mass is 391 g/mol. The average molecular weight is 391 g/mol. The van der Waals surface area contributed by atoms with Gasteiger partial charge >= 0.3 is 0 Å². The number of rotatable bonds is 7. The molecular weight excluding hydrogens is 374 g/mol. The Hall–Kier alpha value is -2.43. The molecule has 0 spiro atoms. The molecule has 2 amide bonds. The number of aliphatic hydroxyl groups excluding tert-OH is 1. The minimum atomic E-state index is -0.821. The summed E-state index contributed by atoms with van der Waals surface area (Å²) in [6.07, 6.45) is -0.821. The van der Waals surface area contributed by atoms with Crippen LogP contribution in [-0.4, -0.2) is 51.2 Å². The van der Waals surface area contributed by atoms with E-state index in [0.29, 0.717) is 27.8 Å². The van der Waals surface area contributed by atoms with Crippen molar-refractivity contribution in [2.24, 2.45) is 16.5 Å². The number of nitrogens with two attached hydrogens (primary N) is 2. The highest BCUT2D eigenvalue weighted by Crippen LogP contribution is 2.24. The molecule has 2 aromatic rings. The van der Waals surface area contributed by atoms with Crippen LogP contribution >= 0.6 is 23.1 Å². The highest BCUT2D eigenvalue weighted by atomic mass is 32.2.